The second-order valence-electron chi connectivity index (χ2n) is 8.14. The van der Waals surface area contributed by atoms with Crippen LogP contribution in [-0.2, 0) is 6.54 Å². The van der Waals surface area contributed by atoms with Gasteiger partial charge in [0.2, 0.25) is 0 Å². The predicted molar refractivity (Wildman–Crippen MR) is 134 cm³/mol. The zero-order chi connectivity index (χ0) is 23.2. The van der Waals surface area contributed by atoms with E-state index < -0.39 is 0 Å². The zero-order valence-corrected chi connectivity index (χ0v) is 19.3. The summed E-state index contributed by atoms with van der Waals surface area (Å²) in [5.41, 5.74) is 3.00. The third-order valence-electron chi connectivity index (χ3n) is 5.61. The number of aromatic nitrogens is 2. The third kappa shape index (κ3) is 5.45. The molecule has 1 aromatic heterocycles. The molecule has 0 saturated heterocycles. The normalized spacial score (nSPS) is 11.9. The maximum atomic E-state index is 12.9. The molecule has 0 fully saturated rings. The van der Waals surface area contributed by atoms with Gasteiger partial charge in [-0.3, -0.25) is 14.2 Å². The standard InChI is InChI=1S/C26H26N4O2S/c1-29(18-19-8-3-2-4-9-19)17-7-16-27-24(31)20-12-14-21(15-13-20)30-25(32)22-10-5-6-11-23(22)28-26(30)33/h2-6,8-15H,7,16-18H2,1H3,(H,27,31)(H,28,33)/p+1. The minimum absolute atomic E-state index is 0.127. The monoisotopic (exact) mass is 459 g/mol. The molecule has 1 heterocycles. The summed E-state index contributed by atoms with van der Waals surface area (Å²) in [5, 5.41) is 3.54. The van der Waals surface area contributed by atoms with Crippen LogP contribution in [0.25, 0.3) is 16.6 Å². The fourth-order valence-electron chi connectivity index (χ4n) is 3.89. The number of quaternary nitrogens is 1. The van der Waals surface area contributed by atoms with Gasteiger partial charge in [-0.1, -0.05) is 42.5 Å². The molecule has 3 N–H and O–H groups in total. The number of H-pyrrole nitrogens is 1. The van der Waals surface area contributed by atoms with Crippen LogP contribution in [0.15, 0.2) is 83.7 Å². The largest absolute Gasteiger partial charge is 0.352 e. The molecule has 3 aromatic carbocycles. The fraction of sp³-hybridized carbons (Fsp3) is 0.192. The van der Waals surface area contributed by atoms with Crippen LogP contribution in [0.1, 0.15) is 22.3 Å². The predicted octanol–water partition coefficient (Wildman–Crippen LogP) is 2.88. The first-order valence-corrected chi connectivity index (χ1v) is 11.4. The van der Waals surface area contributed by atoms with E-state index in [4.69, 9.17) is 12.2 Å². The number of fused-ring (bicyclic) bond motifs is 1. The zero-order valence-electron chi connectivity index (χ0n) is 18.5. The van der Waals surface area contributed by atoms with Gasteiger partial charge in [0.25, 0.3) is 11.5 Å². The first kappa shape index (κ1) is 22.6. The second-order valence-corrected chi connectivity index (χ2v) is 8.53. The number of nitrogens with zero attached hydrogens (tertiary/aromatic N) is 1. The van der Waals surface area contributed by atoms with Gasteiger partial charge in [-0.25, -0.2) is 0 Å². The van der Waals surface area contributed by atoms with Crippen LogP contribution in [0.2, 0.25) is 0 Å². The Morgan fingerprint density at radius 2 is 1.70 bits per heavy atom. The number of nitrogens with one attached hydrogen (secondary N) is 3. The summed E-state index contributed by atoms with van der Waals surface area (Å²) >= 11 is 5.39. The molecule has 7 heteroatoms. The van der Waals surface area contributed by atoms with E-state index in [1.165, 1.54) is 15.0 Å². The number of hydrogen-bond donors (Lipinski definition) is 3. The maximum Gasteiger partial charge on any atom is 0.266 e. The minimum atomic E-state index is -0.186. The number of amides is 1. The molecule has 0 bridgehead atoms. The van der Waals surface area contributed by atoms with E-state index in [1.807, 2.05) is 24.3 Å². The smallest absolute Gasteiger partial charge is 0.266 e. The summed E-state index contributed by atoms with van der Waals surface area (Å²) in [5.74, 6) is -0.127. The van der Waals surface area contributed by atoms with Crippen molar-refractivity contribution < 1.29 is 9.69 Å². The fourth-order valence-corrected chi connectivity index (χ4v) is 4.18. The number of aromatic amines is 1. The van der Waals surface area contributed by atoms with Crippen LogP contribution >= 0.6 is 12.2 Å². The number of para-hydroxylation sites is 1. The first-order chi connectivity index (χ1) is 16.0. The molecule has 0 aliphatic heterocycles. The van der Waals surface area contributed by atoms with Crippen LogP contribution in [0.4, 0.5) is 0 Å². The topological polar surface area (TPSA) is 71.3 Å². The lowest BCUT2D eigenvalue weighted by molar-refractivity contribution is -0.893. The van der Waals surface area contributed by atoms with E-state index in [-0.39, 0.29) is 11.5 Å². The molecular formula is C26H27N4O2S+. The first-order valence-electron chi connectivity index (χ1n) is 11.0. The molecule has 33 heavy (non-hydrogen) atoms. The Labute approximate surface area is 197 Å². The highest BCUT2D eigenvalue weighted by Gasteiger charge is 2.10. The highest BCUT2D eigenvalue weighted by Crippen LogP contribution is 2.12. The summed E-state index contributed by atoms with van der Waals surface area (Å²) in [6.45, 7) is 2.55. The molecule has 4 aromatic rings. The second kappa shape index (κ2) is 10.4. The lowest BCUT2D eigenvalue weighted by atomic mass is 10.2. The average Bonchev–Trinajstić information content (AvgIpc) is 2.83. The molecular weight excluding hydrogens is 432 g/mol. The Morgan fingerprint density at radius 1 is 1.00 bits per heavy atom. The van der Waals surface area contributed by atoms with Crippen LogP contribution in [0.3, 0.4) is 0 Å². The van der Waals surface area contributed by atoms with Crippen molar-refractivity contribution in [2.24, 2.45) is 0 Å². The van der Waals surface area contributed by atoms with Crippen LogP contribution in [0.5, 0.6) is 0 Å². The quantitative estimate of drug-likeness (QED) is 0.280. The Kier molecular flexibility index (Phi) is 7.12. The highest BCUT2D eigenvalue weighted by molar-refractivity contribution is 7.71. The van der Waals surface area contributed by atoms with Crippen molar-refractivity contribution in [2.45, 2.75) is 13.0 Å². The molecule has 6 nitrogen and oxygen atoms in total. The molecule has 0 aliphatic rings. The van der Waals surface area contributed by atoms with Crippen molar-refractivity contribution in [3.8, 4) is 5.69 Å². The lowest BCUT2D eigenvalue weighted by Gasteiger charge is -2.14. The summed E-state index contributed by atoms with van der Waals surface area (Å²) < 4.78 is 1.77. The third-order valence-corrected chi connectivity index (χ3v) is 5.89. The lowest BCUT2D eigenvalue weighted by Crippen LogP contribution is -3.07. The van der Waals surface area contributed by atoms with Gasteiger partial charge in [0.15, 0.2) is 4.77 Å². The Balaban J connectivity index is 1.35. The van der Waals surface area contributed by atoms with Gasteiger partial charge in [0.05, 0.1) is 30.2 Å². The minimum Gasteiger partial charge on any atom is -0.352 e. The van der Waals surface area contributed by atoms with E-state index in [9.17, 15) is 9.59 Å². The van der Waals surface area contributed by atoms with Crippen LogP contribution in [-0.4, -0.2) is 35.6 Å². The molecule has 0 aliphatic carbocycles. The number of carbonyl (C=O) groups is 1. The van der Waals surface area contributed by atoms with E-state index in [2.05, 4.69) is 41.6 Å². The maximum absolute atomic E-state index is 12.9. The summed E-state index contributed by atoms with van der Waals surface area (Å²) in [7, 11) is 2.16. The van der Waals surface area contributed by atoms with E-state index in [0.717, 1.165) is 19.5 Å². The van der Waals surface area contributed by atoms with Gasteiger partial charge < -0.3 is 15.2 Å². The summed E-state index contributed by atoms with van der Waals surface area (Å²) in [6, 6.07) is 24.6. The number of rotatable bonds is 8. The molecule has 0 saturated carbocycles. The highest BCUT2D eigenvalue weighted by atomic mass is 32.1. The van der Waals surface area contributed by atoms with Gasteiger partial charge in [0.1, 0.15) is 6.54 Å². The van der Waals surface area contributed by atoms with Crippen molar-refractivity contribution in [1.29, 1.82) is 0 Å². The number of benzene rings is 3. The molecule has 1 amide bonds. The van der Waals surface area contributed by atoms with Gasteiger partial charge in [0, 0.05) is 24.1 Å². The van der Waals surface area contributed by atoms with Crippen LogP contribution in [0, 0.1) is 4.77 Å². The van der Waals surface area contributed by atoms with Crippen molar-refractivity contribution in [2.75, 3.05) is 20.1 Å². The van der Waals surface area contributed by atoms with E-state index >= 15 is 0 Å². The molecule has 168 valence electrons. The Morgan fingerprint density at radius 3 is 2.45 bits per heavy atom. The van der Waals surface area contributed by atoms with Gasteiger partial charge in [-0.15, -0.1) is 0 Å². The van der Waals surface area contributed by atoms with Crippen LogP contribution < -0.4 is 15.8 Å². The SMILES string of the molecule is C[NH+](CCCNC(=O)c1ccc(-n2c(=S)[nH]c3ccccc3c2=O)cc1)Cc1ccccc1. The van der Waals surface area contributed by atoms with Gasteiger partial charge >= 0.3 is 0 Å². The van der Waals surface area contributed by atoms with E-state index in [0.29, 0.717) is 33.5 Å². The van der Waals surface area contributed by atoms with Crippen molar-refractivity contribution in [3.63, 3.8) is 0 Å². The van der Waals surface area contributed by atoms with Crippen molar-refractivity contribution in [3.05, 3.63) is 105 Å². The van der Waals surface area contributed by atoms with Crippen molar-refractivity contribution in [1.82, 2.24) is 14.9 Å². The average molecular weight is 460 g/mol. The molecule has 1 atom stereocenters. The number of carbonyl (C=O) groups excluding carboxylic acids is 1. The van der Waals surface area contributed by atoms with E-state index in [1.54, 1.807) is 30.3 Å². The summed E-state index contributed by atoms with van der Waals surface area (Å²) in [4.78, 5) is 29.9. The summed E-state index contributed by atoms with van der Waals surface area (Å²) in [6.07, 6.45) is 0.893. The Hall–Kier alpha value is -3.55. The number of hydrogen-bond acceptors (Lipinski definition) is 3. The van der Waals surface area contributed by atoms with Gasteiger partial charge in [-0.05, 0) is 48.6 Å². The molecule has 1 unspecified atom stereocenters. The molecule has 4 rings (SSSR count). The molecule has 0 radical (unpaired) electrons. The van der Waals surface area contributed by atoms with Gasteiger partial charge in [-0.2, -0.15) is 0 Å². The van der Waals surface area contributed by atoms with Crippen molar-refractivity contribution >= 4 is 29.0 Å². The Bertz CT molecular complexity index is 1360. The molecule has 0 spiro atoms.